The molecule has 3 heterocycles. The summed E-state index contributed by atoms with van der Waals surface area (Å²) in [5.74, 6) is -0.240. The molecule has 3 aromatic carbocycles. The summed E-state index contributed by atoms with van der Waals surface area (Å²) >= 11 is 0. The molecule has 0 N–H and O–H groups in total. The Morgan fingerprint density at radius 1 is 0.650 bits per heavy atom. The van der Waals surface area contributed by atoms with Crippen LogP contribution in [0.5, 0.6) is 0 Å². The van der Waals surface area contributed by atoms with E-state index >= 15 is 0 Å². The van der Waals surface area contributed by atoms with Crippen LogP contribution in [0.1, 0.15) is 91.8 Å². The van der Waals surface area contributed by atoms with Gasteiger partial charge in [0.25, 0.3) is 0 Å². The average molecular weight is 533 g/mol. The number of nitrogens with zero attached hydrogens (tertiary/aromatic N) is 2. The molecule has 0 unspecified atom stereocenters. The predicted octanol–water partition coefficient (Wildman–Crippen LogP) is 8.78. The molecule has 0 atom stereocenters. The number of aryl methyl sites for hydroxylation is 2. The van der Waals surface area contributed by atoms with Gasteiger partial charge in [0.2, 0.25) is 0 Å². The van der Waals surface area contributed by atoms with Crippen LogP contribution in [0.4, 0.5) is 0 Å². The highest BCUT2D eigenvalue weighted by Crippen LogP contribution is 2.54. The molecule has 0 amide bonds. The zero-order valence-corrected chi connectivity index (χ0v) is 24.3. The Morgan fingerprint density at radius 2 is 1.12 bits per heavy atom. The van der Waals surface area contributed by atoms with Crippen LogP contribution in [-0.4, -0.2) is 15.1 Å². The van der Waals surface area contributed by atoms with Crippen molar-refractivity contribution in [1.82, 2.24) is 9.13 Å². The van der Waals surface area contributed by atoms with Gasteiger partial charge in [-0.3, -0.25) is 0 Å². The first-order valence-electron chi connectivity index (χ1n) is 15.2. The Morgan fingerprint density at radius 3 is 1.62 bits per heavy atom. The zero-order chi connectivity index (χ0) is 27.9. The van der Waals surface area contributed by atoms with Crippen LogP contribution < -0.4 is 0 Å². The number of hydrogen-bond donors (Lipinski definition) is 0. The smallest absolute Gasteiger partial charge is 0.340 e. The number of carbonyl (C=O) groups excluding carboxylic acids is 1. The minimum Gasteiger partial charge on any atom is -0.440 e. The van der Waals surface area contributed by atoms with Gasteiger partial charge >= 0.3 is 5.97 Å². The fraction of sp³-hybridized carbons (Fsp3) is 0.361. The highest BCUT2D eigenvalue weighted by Gasteiger charge is 2.53. The number of aromatic nitrogens is 2. The molecule has 4 heteroatoms. The van der Waals surface area contributed by atoms with E-state index in [1.165, 1.54) is 33.2 Å². The summed E-state index contributed by atoms with van der Waals surface area (Å²) < 4.78 is 11.8. The van der Waals surface area contributed by atoms with E-state index < -0.39 is 5.60 Å². The molecule has 0 saturated heterocycles. The van der Waals surface area contributed by atoms with Crippen LogP contribution >= 0.6 is 0 Å². The Labute approximate surface area is 237 Å². The second-order valence-electron chi connectivity index (χ2n) is 11.0. The van der Waals surface area contributed by atoms with E-state index in [9.17, 15) is 4.79 Å². The number of benzene rings is 3. The lowest BCUT2D eigenvalue weighted by Gasteiger charge is -2.32. The van der Waals surface area contributed by atoms with Gasteiger partial charge in [0.1, 0.15) is 0 Å². The molecule has 0 bridgehead atoms. The van der Waals surface area contributed by atoms with Gasteiger partial charge in [-0.05, 0) is 43.9 Å². The fourth-order valence-electron chi connectivity index (χ4n) is 7.09. The van der Waals surface area contributed by atoms with Crippen molar-refractivity contribution in [3.05, 3.63) is 106 Å². The van der Waals surface area contributed by atoms with Gasteiger partial charge < -0.3 is 13.9 Å². The molecule has 0 radical (unpaired) electrons. The van der Waals surface area contributed by atoms with E-state index in [0.29, 0.717) is 5.56 Å². The van der Waals surface area contributed by atoms with Crippen molar-refractivity contribution in [3.8, 4) is 0 Å². The SMILES string of the molecule is CCCCn1c(CC)c(C2(c3c(CC)n(CCCC)c4ccccc34)OC(=O)c3ccccc32)c2ccccc21. The topological polar surface area (TPSA) is 36.2 Å². The first kappa shape index (κ1) is 26.4. The van der Waals surface area contributed by atoms with Crippen molar-refractivity contribution in [2.24, 2.45) is 0 Å². The molecule has 6 rings (SSSR count). The quantitative estimate of drug-likeness (QED) is 0.169. The standard InChI is InChI=1S/C36H40N2O2/c1-5-9-23-37-29(7-3)33(26-18-12-15-21-31(26)37)36(28-20-14-11-17-25(28)35(39)40-36)34-27-19-13-16-22-32(27)38(24-10-6-2)30(34)8-4/h11-22H,5-10,23-24H2,1-4H3. The number of carbonyl (C=O) groups is 1. The number of ether oxygens (including phenoxy) is 1. The second-order valence-corrected chi connectivity index (χ2v) is 11.0. The van der Waals surface area contributed by atoms with Crippen molar-refractivity contribution < 1.29 is 9.53 Å². The van der Waals surface area contributed by atoms with E-state index in [1.54, 1.807) is 0 Å². The van der Waals surface area contributed by atoms with Crippen LogP contribution in [-0.2, 0) is 36.3 Å². The Hall–Kier alpha value is -3.79. The summed E-state index contributed by atoms with van der Waals surface area (Å²) in [5.41, 5.74) is 7.81. The lowest BCUT2D eigenvalue weighted by Crippen LogP contribution is -2.32. The Kier molecular flexibility index (Phi) is 7.04. The first-order valence-corrected chi connectivity index (χ1v) is 15.2. The molecule has 2 aromatic heterocycles. The largest absolute Gasteiger partial charge is 0.440 e. The lowest BCUT2D eigenvalue weighted by atomic mass is 9.76. The van der Waals surface area contributed by atoms with Gasteiger partial charge in [0, 0.05) is 63.0 Å². The number of fused-ring (bicyclic) bond motifs is 3. The van der Waals surface area contributed by atoms with E-state index in [2.05, 4.69) is 97.5 Å². The molecular weight excluding hydrogens is 492 g/mol. The first-order chi connectivity index (χ1) is 19.6. The number of unbranched alkanes of at least 4 members (excludes halogenated alkanes) is 2. The summed E-state index contributed by atoms with van der Waals surface area (Å²) in [6.45, 7) is 10.9. The summed E-state index contributed by atoms with van der Waals surface area (Å²) in [6.07, 6.45) is 6.16. The van der Waals surface area contributed by atoms with Crippen molar-refractivity contribution >= 4 is 27.8 Å². The monoisotopic (exact) mass is 532 g/mol. The number of rotatable bonds is 10. The third kappa shape index (κ3) is 3.76. The second kappa shape index (κ2) is 10.6. The molecule has 0 saturated carbocycles. The van der Waals surface area contributed by atoms with Crippen LogP contribution in [0.25, 0.3) is 21.8 Å². The van der Waals surface area contributed by atoms with E-state index in [4.69, 9.17) is 4.74 Å². The summed E-state index contributed by atoms with van der Waals surface area (Å²) in [5, 5.41) is 2.35. The van der Waals surface area contributed by atoms with Crippen molar-refractivity contribution in [3.63, 3.8) is 0 Å². The van der Waals surface area contributed by atoms with E-state index in [0.717, 1.165) is 68.3 Å². The fourth-order valence-corrected chi connectivity index (χ4v) is 7.09. The molecule has 0 aliphatic carbocycles. The van der Waals surface area contributed by atoms with Crippen LogP contribution in [0.2, 0.25) is 0 Å². The summed E-state index contributed by atoms with van der Waals surface area (Å²) in [4.78, 5) is 13.8. The van der Waals surface area contributed by atoms with Gasteiger partial charge in [-0.15, -0.1) is 0 Å². The molecule has 1 aliphatic rings. The third-order valence-electron chi connectivity index (χ3n) is 8.77. The molecule has 4 nitrogen and oxygen atoms in total. The molecule has 5 aromatic rings. The van der Waals surface area contributed by atoms with Gasteiger partial charge in [0.05, 0.1) is 5.56 Å². The van der Waals surface area contributed by atoms with Crippen molar-refractivity contribution in [1.29, 1.82) is 0 Å². The number of para-hydroxylation sites is 2. The molecule has 0 fully saturated rings. The Bertz CT molecular complexity index is 1610. The number of esters is 1. The minimum absolute atomic E-state index is 0.240. The van der Waals surface area contributed by atoms with Crippen LogP contribution in [0.3, 0.4) is 0 Å². The Balaban J connectivity index is 1.81. The predicted molar refractivity (Wildman–Crippen MR) is 164 cm³/mol. The number of hydrogen-bond acceptors (Lipinski definition) is 2. The maximum atomic E-state index is 13.8. The highest BCUT2D eigenvalue weighted by atomic mass is 16.6. The number of cyclic esters (lactones) is 1. The van der Waals surface area contributed by atoms with Crippen molar-refractivity contribution in [2.75, 3.05) is 0 Å². The van der Waals surface area contributed by atoms with Crippen LogP contribution in [0.15, 0.2) is 72.8 Å². The molecule has 206 valence electrons. The molecular formula is C36H40N2O2. The van der Waals surface area contributed by atoms with Crippen molar-refractivity contribution in [2.45, 2.75) is 84.9 Å². The summed E-state index contributed by atoms with van der Waals surface area (Å²) in [6, 6.07) is 25.5. The maximum Gasteiger partial charge on any atom is 0.340 e. The molecule has 1 aliphatic heterocycles. The van der Waals surface area contributed by atoms with Gasteiger partial charge in [-0.25, -0.2) is 4.79 Å². The molecule has 0 spiro atoms. The zero-order valence-electron chi connectivity index (χ0n) is 24.3. The van der Waals surface area contributed by atoms with Crippen LogP contribution in [0, 0.1) is 0 Å². The van der Waals surface area contributed by atoms with Gasteiger partial charge in [-0.1, -0.05) is 95.1 Å². The minimum atomic E-state index is -1.03. The van der Waals surface area contributed by atoms with E-state index in [-0.39, 0.29) is 5.97 Å². The highest BCUT2D eigenvalue weighted by molar-refractivity contribution is 6.01. The van der Waals surface area contributed by atoms with Gasteiger partial charge in [-0.2, -0.15) is 0 Å². The average Bonchev–Trinajstić information content (AvgIpc) is 3.60. The normalized spacial score (nSPS) is 14.2. The molecule has 40 heavy (non-hydrogen) atoms. The third-order valence-corrected chi connectivity index (χ3v) is 8.77. The van der Waals surface area contributed by atoms with Gasteiger partial charge in [0.15, 0.2) is 5.60 Å². The summed E-state index contributed by atoms with van der Waals surface area (Å²) in [7, 11) is 0. The lowest BCUT2D eigenvalue weighted by molar-refractivity contribution is 0.0254. The maximum absolute atomic E-state index is 13.8. The van der Waals surface area contributed by atoms with E-state index in [1.807, 2.05) is 12.1 Å².